The molecule has 8 heteroatoms. The Balaban J connectivity index is 4.60. The molecule has 0 aliphatic rings. The maximum atomic E-state index is 11.3. The average Bonchev–Trinajstić information content (AvgIpc) is 1.56. The summed E-state index contributed by atoms with van der Waals surface area (Å²) in [5.41, 5.74) is 0. The van der Waals surface area contributed by atoms with E-state index in [1.165, 1.54) is 0 Å². The number of hydrogen-bond donors (Lipinski definition) is 0. The fourth-order valence-electron chi connectivity index (χ4n) is 0.257. The van der Waals surface area contributed by atoms with Crippen molar-refractivity contribution in [3.05, 3.63) is 0 Å². The van der Waals surface area contributed by atoms with Gasteiger partial charge in [0.15, 0.2) is 0 Å². The number of rotatable bonds is 0. The lowest BCUT2D eigenvalue weighted by atomic mass is 11.5. The zero-order valence-electron chi connectivity index (χ0n) is 4.66. The molecule has 0 fully saturated rings. The molecule has 0 heterocycles. The van der Waals surface area contributed by atoms with Crippen molar-refractivity contribution >= 4 is 7.92 Å². The maximum absolute atomic E-state index is 11.3. The molecule has 0 aromatic carbocycles. The fourth-order valence-corrected chi connectivity index (χ4v) is 0.771. The van der Waals surface area contributed by atoms with Crippen molar-refractivity contribution in [2.24, 2.45) is 0 Å². The van der Waals surface area contributed by atoms with Crippen LogP contribution in [-0.2, 0) is 0 Å². The van der Waals surface area contributed by atoms with E-state index in [1.807, 2.05) is 0 Å². The van der Waals surface area contributed by atoms with E-state index < -0.39 is 19.8 Å². The van der Waals surface area contributed by atoms with E-state index in [2.05, 4.69) is 0 Å². The van der Waals surface area contributed by atoms with Crippen LogP contribution in [0.1, 0.15) is 0 Å². The Bertz CT molecular complexity index is 160. The summed E-state index contributed by atoms with van der Waals surface area (Å²) >= 11 is 0. The number of hydrogen-bond acceptors (Lipinski definition) is 1. The minimum absolute atomic E-state index is 0.197. The van der Waals surface area contributed by atoms with E-state index >= 15 is 0 Å². The van der Waals surface area contributed by atoms with E-state index in [-0.39, 0.29) is 5.81 Å². The van der Waals surface area contributed by atoms with Gasteiger partial charge in [0, 0.05) is 0 Å². The van der Waals surface area contributed by atoms with E-state index in [9.17, 15) is 26.3 Å². The SMILES string of the molecule is N#CP(C(F)(F)F)C(F)(F)F. The zero-order chi connectivity index (χ0) is 9.28. The fraction of sp³-hybridized carbons (Fsp3) is 0.667. The molecule has 0 aliphatic carbocycles. The van der Waals surface area contributed by atoms with Crippen LogP contribution in [0.2, 0.25) is 0 Å². The predicted molar refractivity (Wildman–Crippen MR) is 24.6 cm³/mol. The molecule has 0 saturated heterocycles. The van der Waals surface area contributed by atoms with Gasteiger partial charge in [0.2, 0.25) is 7.92 Å². The number of halogens is 6. The summed E-state index contributed by atoms with van der Waals surface area (Å²) in [5, 5.41) is 7.54. The molecule has 0 spiro atoms. The van der Waals surface area contributed by atoms with Crippen LogP contribution in [0.3, 0.4) is 0 Å². The van der Waals surface area contributed by atoms with Crippen LogP contribution in [0, 0.1) is 11.1 Å². The van der Waals surface area contributed by atoms with Crippen molar-refractivity contribution < 1.29 is 26.3 Å². The highest BCUT2D eigenvalue weighted by Crippen LogP contribution is 2.63. The third kappa shape index (κ3) is 2.93. The van der Waals surface area contributed by atoms with Crippen LogP contribution < -0.4 is 0 Å². The first-order valence-electron chi connectivity index (χ1n) is 2.03. The average molecular weight is 195 g/mol. The van der Waals surface area contributed by atoms with E-state index in [0.29, 0.717) is 0 Å². The molecular weight excluding hydrogens is 195 g/mol. The molecule has 0 rings (SSSR count). The molecule has 0 atom stereocenters. The summed E-state index contributed by atoms with van der Waals surface area (Å²) in [6.07, 6.45) is 0. The van der Waals surface area contributed by atoms with E-state index in [4.69, 9.17) is 5.26 Å². The summed E-state index contributed by atoms with van der Waals surface area (Å²) in [4.78, 5) is 0. The van der Waals surface area contributed by atoms with Gasteiger partial charge in [0.05, 0.1) is 0 Å². The minimum Gasteiger partial charge on any atom is -0.193 e. The summed E-state index contributed by atoms with van der Waals surface area (Å²) < 4.78 is 67.8. The van der Waals surface area contributed by atoms with Gasteiger partial charge in [-0.2, -0.15) is 31.6 Å². The standard InChI is InChI=1S/C3F6NP/c4-2(5,6)11(1-10)3(7,8)9. The van der Waals surface area contributed by atoms with Crippen molar-refractivity contribution in [3.8, 4) is 5.81 Å². The quantitative estimate of drug-likeness (QED) is 0.430. The van der Waals surface area contributed by atoms with Crippen molar-refractivity contribution in [1.82, 2.24) is 0 Å². The second-order valence-corrected chi connectivity index (χ2v) is 3.26. The molecule has 0 aromatic heterocycles. The molecule has 0 aromatic rings. The van der Waals surface area contributed by atoms with Gasteiger partial charge in [0.25, 0.3) is 0 Å². The monoisotopic (exact) mass is 195 g/mol. The molecule has 0 N–H and O–H groups in total. The lowest BCUT2D eigenvalue weighted by molar-refractivity contribution is -0.0810. The largest absolute Gasteiger partial charge is 0.427 e. The van der Waals surface area contributed by atoms with Crippen LogP contribution >= 0.6 is 7.92 Å². The van der Waals surface area contributed by atoms with Crippen molar-refractivity contribution in [2.75, 3.05) is 0 Å². The summed E-state index contributed by atoms with van der Waals surface area (Å²) in [6, 6.07) is 0. The first kappa shape index (κ1) is 10.5. The summed E-state index contributed by atoms with van der Waals surface area (Å²) in [7, 11) is -4.53. The second-order valence-electron chi connectivity index (χ2n) is 1.37. The van der Waals surface area contributed by atoms with Crippen LogP contribution in [0.15, 0.2) is 0 Å². The van der Waals surface area contributed by atoms with Gasteiger partial charge in [0.1, 0.15) is 5.81 Å². The van der Waals surface area contributed by atoms with E-state index in [0.717, 1.165) is 0 Å². The van der Waals surface area contributed by atoms with Crippen molar-refractivity contribution in [1.29, 1.82) is 5.26 Å². The third-order valence-electron chi connectivity index (χ3n) is 0.607. The Morgan fingerprint density at radius 1 is 0.909 bits per heavy atom. The number of nitrogens with zero attached hydrogens (tertiary/aromatic N) is 1. The van der Waals surface area contributed by atoms with Crippen molar-refractivity contribution in [3.63, 3.8) is 0 Å². The van der Waals surface area contributed by atoms with Gasteiger partial charge in [-0.3, -0.25) is 0 Å². The highest BCUT2D eigenvalue weighted by molar-refractivity contribution is 7.64. The first-order chi connectivity index (χ1) is 4.69. The van der Waals surface area contributed by atoms with Gasteiger partial charge in [-0.1, -0.05) is 0 Å². The molecule has 64 valence electrons. The highest BCUT2D eigenvalue weighted by Gasteiger charge is 2.57. The minimum atomic E-state index is -5.47. The molecule has 0 radical (unpaired) electrons. The van der Waals surface area contributed by atoms with Crippen LogP contribution in [0.5, 0.6) is 0 Å². The molecular formula is C3F6NP. The maximum Gasteiger partial charge on any atom is 0.427 e. The smallest absolute Gasteiger partial charge is 0.193 e. The Hall–Kier alpha value is -0.500. The van der Waals surface area contributed by atoms with Crippen LogP contribution in [0.25, 0.3) is 0 Å². The molecule has 0 amide bonds. The Morgan fingerprint density at radius 2 is 1.18 bits per heavy atom. The lowest BCUT2D eigenvalue weighted by Crippen LogP contribution is -2.16. The van der Waals surface area contributed by atoms with Crippen LogP contribution in [0.4, 0.5) is 26.3 Å². The lowest BCUT2D eigenvalue weighted by Gasteiger charge is -2.14. The van der Waals surface area contributed by atoms with Gasteiger partial charge in [-0.25, -0.2) is 0 Å². The normalized spacial score (nSPS) is 13.3. The topological polar surface area (TPSA) is 23.8 Å². The van der Waals surface area contributed by atoms with Gasteiger partial charge >= 0.3 is 11.8 Å². The van der Waals surface area contributed by atoms with E-state index in [1.54, 1.807) is 0 Å². The highest BCUT2D eigenvalue weighted by atomic mass is 31.1. The van der Waals surface area contributed by atoms with Crippen molar-refractivity contribution in [2.45, 2.75) is 11.8 Å². The van der Waals surface area contributed by atoms with Crippen LogP contribution in [-0.4, -0.2) is 11.8 Å². The molecule has 0 saturated carbocycles. The molecule has 1 nitrogen and oxygen atoms in total. The molecule has 0 unspecified atom stereocenters. The Labute approximate surface area is 58.4 Å². The van der Waals surface area contributed by atoms with Gasteiger partial charge < -0.3 is 0 Å². The Morgan fingerprint density at radius 3 is 1.18 bits per heavy atom. The molecule has 11 heavy (non-hydrogen) atoms. The second kappa shape index (κ2) is 2.86. The Kier molecular flexibility index (Phi) is 2.73. The predicted octanol–water partition coefficient (Wildman–Crippen LogP) is 2.99. The van der Waals surface area contributed by atoms with Gasteiger partial charge in [-0.15, -0.1) is 0 Å². The van der Waals surface area contributed by atoms with Gasteiger partial charge in [-0.05, 0) is 0 Å². The summed E-state index contributed by atoms with van der Waals surface area (Å²) in [6.45, 7) is 0. The zero-order valence-corrected chi connectivity index (χ0v) is 5.56. The number of alkyl halides is 6. The molecule has 0 bridgehead atoms. The molecule has 0 aliphatic heterocycles. The number of nitriles is 1. The summed E-state index contributed by atoms with van der Waals surface area (Å²) in [5.74, 6) is -10.7. The third-order valence-corrected chi connectivity index (χ3v) is 1.82. The first-order valence-corrected chi connectivity index (χ1v) is 3.37.